The predicted molar refractivity (Wildman–Crippen MR) is 341 cm³/mol. The molecule has 6 aromatic carbocycles. The molecule has 0 N–H and O–H groups in total. The van der Waals surface area contributed by atoms with Crippen molar-refractivity contribution in [3.8, 4) is 0 Å². The number of benzene rings is 6. The fraction of sp³-hybridized carbons (Fsp3) is 0.514. The van der Waals surface area contributed by atoms with E-state index < -0.39 is 18.2 Å². The lowest BCUT2D eigenvalue weighted by Crippen LogP contribution is -2.51. The number of nitrogens with zero attached hydrogens (tertiary/aromatic N) is 2. The van der Waals surface area contributed by atoms with Gasteiger partial charge in [-0.15, -0.1) is 0 Å². The quantitative estimate of drug-likeness (QED) is 0.0128. The minimum absolute atomic E-state index is 0.317. The van der Waals surface area contributed by atoms with Crippen LogP contribution in [0.25, 0.3) is 0 Å². The highest BCUT2D eigenvalue weighted by Gasteiger charge is 2.40. The molecule has 0 aliphatic carbocycles. The highest BCUT2D eigenvalue weighted by molar-refractivity contribution is 6.28. The van der Waals surface area contributed by atoms with Crippen molar-refractivity contribution in [1.82, 2.24) is 0 Å². The van der Waals surface area contributed by atoms with Crippen molar-refractivity contribution in [3.63, 3.8) is 0 Å². The summed E-state index contributed by atoms with van der Waals surface area (Å²) >= 11 is 0. The van der Waals surface area contributed by atoms with E-state index in [0.29, 0.717) is 19.4 Å². The van der Waals surface area contributed by atoms with Gasteiger partial charge in [-0.05, 0) is 177 Å². The van der Waals surface area contributed by atoms with Crippen molar-refractivity contribution in [2.24, 2.45) is 0 Å². The first-order chi connectivity index (χ1) is 41.5. The van der Waals surface area contributed by atoms with Crippen LogP contribution in [0.15, 0.2) is 146 Å². The molecule has 0 radical (unpaired) electrons. The molecule has 0 aliphatic heterocycles. The highest BCUT2D eigenvalue weighted by atomic mass is 19.1. The van der Waals surface area contributed by atoms with Gasteiger partial charge in [0.15, 0.2) is 0 Å². The zero-order valence-electron chi connectivity index (χ0n) is 53.3. The molecular formula is C74H103BF6N2O3. The maximum Gasteiger partial charge on any atom is 0.123 e. The molecule has 0 amide bonds. The van der Waals surface area contributed by atoms with Crippen LogP contribution in [0.2, 0.25) is 0 Å². The molecule has 0 spiro atoms. The van der Waals surface area contributed by atoms with Gasteiger partial charge in [-0.2, -0.15) is 0 Å². The average molecular weight is 1190 g/mol. The summed E-state index contributed by atoms with van der Waals surface area (Å²) in [5.74, 6) is -2.09. The topological polar surface area (TPSA) is 55.3 Å². The summed E-state index contributed by atoms with van der Waals surface area (Å²) in [4.78, 5) is 0. The summed E-state index contributed by atoms with van der Waals surface area (Å²) in [6, 6.07) is 39.3. The largest absolute Gasteiger partial charge is 0.871 e. The molecule has 5 nitrogen and oxygen atoms in total. The third-order valence-electron chi connectivity index (χ3n) is 17.4. The molecule has 0 saturated heterocycles. The van der Waals surface area contributed by atoms with Gasteiger partial charge in [-0.1, -0.05) is 179 Å². The van der Waals surface area contributed by atoms with Crippen LogP contribution in [0.3, 0.4) is 0 Å². The van der Waals surface area contributed by atoms with E-state index in [0.717, 1.165) is 172 Å². The Hall–Kier alpha value is -5.24. The van der Waals surface area contributed by atoms with Crippen molar-refractivity contribution < 1.29 is 50.0 Å². The minimum atomic E-state index is -2.10. The fourth-order valence-corrected chi connectivity index (χ4v) is 12.8. The van der Waals surface area contributed by atoms with E-state index in [-0.39, 0.29) is 34.9 Å². The average Bonchev–Trinajstić information content (AvgIpc) is 1.14. The first-order valence-corrected chi connectivity index (χ1v) is 32.7. The third kappa shape index (κ3) is 23.0. The van der Waals surface area contributed by atoms with Gasteiger partial charge in [0.05, 0.1) is 59.7 Å². The first-order valence-electron chi connectivity index (χ1n) is 32.7. The number of rotatable bonds is 38. The van der Waals surface area contributed by atoms with Gasteiger partial charge in [0.2, 0.25) is 0 Å². The first kappa shape index (κ1) is 73.2. The Morgan fingerprint density at radius 1 is 0.314 bits per heavy atom. The Bertz CT molecular complexity index is 2350. The van der Waals surface area contributed by atoms with Crippen LogP contribution in [0, 0.1) is 34.9 Å². The Balaban J connectivity index is 0.000000318. The van der Waals surface area contributed by atoms with Crippen LogP contribution in [0.4, 0.5) is 26.3 Å². The number of unbranched alkanes of at least 4 members (excludes halogenated alkanes) is 9. The van der Waals surface area contributed by atoms with Gasteiger partial charge in [-0.25, -0.2) is 26.3 Å². The number of quaternary nitrogens is 2. The molecule has 0 bridgehead atoms. The molecule has 0 aromatic heterocycles. The van der Waals surface area contributed by atoms with Crippen LogP contribution in [0.1, 0.15) is 210 Å². The molecule has 86 heavy (non-hydrogen) atoms. The molecule has 0 saturated carbocycles. The van der Waals surface area contributed by atoms with Crippen molar-refractivity contribution in [2.45, 2.75) is 188 Å². The van der Waals surface area contributed by atoms with Crippen molar-refractivity contribution >= 4 is 7.32 Å². The number of hydrogen-bond donors (Lipinski definition) is 0. The SMILES string of the molecule is CCCCCCOB([O-])[O-].CCCC[N+](CCCC)(CCCC)CCCC(c1cccc(F)c1)(c1cccc(F)c1)c1cccc(F)c1.CCCC[N+](CCCC)(CCCC)CCCC(c1cccc(F)c1)(c1cccc(F)c1)c1cccc(F)c1. The maximum absolute atomic E-state index is 14.7. The standard InChI is InChI=1S/2C34H45F3N.C6H13BO3/c2*1-4-7-21-38(22-8-5-2,23-9-6-3)24-13-20-34(28-14-10-17-31(35)25-28,29-15-11-18-32(36)26-29)30-16-12-19-33(37)27-30;1-2-3-4-5-6-10-7(8)9/h2*10-12,14-19,25-27H,4-9,13,20-24H2,1-3H3;2-6H2,1H3/q2*+1;-2. The highest BCUT2D eigenvalue weighted by Crippen LogP contribution is 2.46. The lowest BCUT2D eigenvalue weighted by Gasteiger charge is -2.41. The van der Waals surface area contributed by atoms with Gasteiger partial charge in [-0.3, -0.25) is 0 Å². The zero-order chi connectivity index (χ0) is 62.7. The second-order valence-corrected chi connectivity index (χ2v) is 23.9. The monoisotopic (exact) mass is 1190 g/mol. The lowest BCUT2D eigenvalue weighted by molar-refractivity contribution is -0.929. The molecule has 0 unspecified atom stereocenters. The van der Waals surface area contributed by atoms with Crippen LogP contribution < -0.4 is 10.0 Å². The smallest absolute Gasteiger partial charge is 0.123 e. The van der Waals surface area contributed by atoms with Gasteiger partial charge < -0.3 is 23.7 Å². The summed E-state index contributed by atoms with van der Waals surface area (Å²) < 4.78 is 94.4. The van der Waals surface area contributed by atoms with Gasteiger partial charge in [0.25, 0.3) is 0 Å². The van der Waals surface area contributed by atoms with E-state index in [1.807, 2.05) is 36.4 Å². The molecular weight excluding hydrogens is 1090 g/mol. The van der Waals surface area contributed by atoms with Gasteiger partial charge in [0, 0.05) is 17.4 Å². The lowest BCUT2D eigenvalue weighted by atomic mass is 9.66. The maximum atomic E-state index is 14.7. The van der Waals surface area contributed by atoms with Crippen LogP contribution in [0.5, 0.6) is 0 Å². The van der Waals surface area contributed by atoms with E-state index in [4.69, 9.17) is 0 Å². The summed E-state index contributed by atoms with van der Waals surface area (Å²) in [7, 11) is -2.10. The molecule has 0 fully saturated rings. The van der Waals surface area contributed by atoms with Crippen molar-refractivity contribution in [3.05, 3.63) is 214 Å². The van der Waals surface area contributed by atoms with E-state index in [1.165, 1.54) is 111 Å². The number of hydrogen-bond acceptors (Lipinski definition) is 3. The molecule has 0 atom stereocenters. The third-order valence-corrected chi connectivity index (χ3v) is 17.4. The summed E-state index contributed by atoms with van der Waals surface area (Å²) in [5.41, 5.74) is 2.60. The molecule has 0 aliphatic rings. The van der Waals surface area contributed by atoms with Gasteiger partial charge in [0.1, 0.15) is 34.9 Å². The van der Waals surface area contributed by atoms with Crippen LogP contribution in [-0.2, 0) is 15.5 Å². The Kier molecular flexibility index (Phi) is 33.7. The zero-order valence-corrected chi connectivity index (χ0v) is 53.3. The van der Waals surface area contributed by atoms with Crippen LogP contribution >= 0.6 is 0 Å². The van der Waals surface area contributed by atoms with E-state index >= 15 is 0 Å². The van der Waals surface area contributed by atoms with E-state index in [9.17, 15) is 36.4 Å². The normalized spacial score (nSPS) is 11.9. The Labute approximate surface area is 515 Å². The van der Waals surface area contributed by atoms with Crippen molar-refractivity contribution in [2.75, 3.05) is 59.0 Å². The Morgan fingerprint density at radius 2 is 0.535 bits per heavy atom. The Morgan fingerprint density at radius 3 is 0.733 bits per heavy atom. The van der Waals surface area contributed by atoms with E-state index in [2.05, 4.69) is 53.1 Å². The van der Waals surface area contributed by atoms with Crippen LogP contribution in [-0.4, -0.2) is 75.3 Å². The summed E-state index contributed by atoms with van der Waals surface area (Å²) in [6.07, 6.45) is 21.3. The summed E-state index contributed by atoms with van der Waals surface area (Å²) in [5, 5.41) is 19.6. The predicted octanol–water partition coefficient (Wildman–Crippen LogP) is 18.2. The molecule has 6 rings (SSSR count). The van der Waals surface area contributed by atoms with E-state index in [1.54, 1.807) is 36.4 Å². The second-order valence-electron chi connectivity index (χ2n) is 23.9. The molecule has 472 valence electrons. The van der Waals surface area contributed by atoms with Crippen molar-refractivity contribution in [1.29, 1.82) is 0 Å². The minimum Gasteiger partial charge on any atom is -0.871 e. The number of halogens is 6. The summed E-state index contributed by atoms with van der Waals surface area (Å²) in [6.45, 7) is 24.8. The molecule has 6 aromatic rings. The molecule has 12 heteroatoms. The van der Waals surface area contributed by atoms with Gasteiger partial charge >= 0.3 is 0 Å². The molecule has 0 heterocycles. The fourth-order valence-electron chi connectivity index (χ4n) is 12.8. The second kappa shape index (κ2) is 39.6.